The lowest BCUT2D eigenvalue weighted by molar-refractivity contribution is -0.138. The van der Waals surface area contributed by atoms with Crippen molar-refractivity contribution in [1.82, 2.24) is 5.32 Å². The lowest BCUT2D eigenvalue weighted by Gasteiger charge is -2.10. The topological polar surface area (TPSA) is 92.4 Å². The highest BCUT2D eigenvalue weighted by molar-refractivity contribution is 6.00. The Bertz CT molecular complexity index is 434. The molecule has 5 nitrogen and oxygen atoms in total. The third kappa shape index (κ3) is 2.69. The summed E-state index contributed by atoms with van der Waals surface area (Å²) in [6, 6.07) is 2.26. The van der Waals surface area contributed by atoms with Gasteiger partial charge in [-0.25, -0.2) is 4.39 Å². The molecule has 0 spiro atoms. The summed E-state index contributed by atoms with van der Waals surface area (Å²) in [4.78, 5) is 22.0. The number of anilines is 1. The molecule has 0 bridgehead atoms. The summed E-state index contributed by atoms with van der Waals surface area (Å²) in [7, 11) is 0. The number of benzene rings is 1. The molecule has 0 aromatic heterocycles. The second kappa shape index (κ2) is 4.61. The number of carboxylic acid groups (broad SMARTS) is 1. The van der Waals surface area contributed by atoms with Gasteiger partial charge in [-0.05, 0) is 25.1 Å². The summed E-state index contributed by atoms with van der Waals surface area (Å²) < 4.78 is 12.9. The molecule has 1 aromatic rings. The van der Waals surface area contributed by atoms with Crippen molar-refractivity contribution < 1.29 is 19.1 Å². The van der Waals surface area contributed by atoms with Gasteiger partial charge in [0, 0.05) is 5.69 Å². The van der Waals surface area contributed by atoms with E-state index in [0.717, 1.165) is 12.1 Å². The van der Waals surface area contributed by atoms with Crippen molar-refractivity contribution in [2.24, 2.45) is 0 Å². The van der Waals surface area contributed by atoms with Crippen molar-refractivity contribution in [3.63, 3.8) is 0 Å². The third-order valence-corrected chi connectivity index (χ3v) is 1.98. The molecule has 1 amide bonds. The van der Waals surface area contributed by atoms with Crippen LogP contribution in [0.2, 0.25) is 0 Å². The minimum absolute atomic E-state index is 0.0758. The average molecular weight is 226 g/mol. The second-order valence-corrected chi connectivity index (χ2v) is 3.26. The summed E-state index contributed by atoms with van der Waals surface area (Å²) >= 11 is 0. The van der Waals surface area contributed by atoms with Gasteiger partial charge in [0.1, 0.15) is 11.9 Å². The molecule has 86 valence electrons. The highest BCUT2D eigenvalue weighted by Crippen LogP contribution is 2.13. The Balaban J connectivity index is 2.88. The first kappa shape index (κ1) is 12.0. The Morgan fingerprint density at radius 1 is 1.50 bits per heavy atom. The Morgan fingerprint density at radius 2 is 2.12 bits per heavy atom. The number of carbonyl (C=O) groups is 2. The summed E-state index contributed by atoms with van der Waals surface area (Å²) in [5, 5.41) is 10.8. The molecule has 0 fully saturated rings. The Hall–Kier alpha value is -2.11. The molecule has 0 aliphatic rings. The molecule has 0 radical (unpaired) electrons. The number of aliphatic carboxylic acids is 1. The summed E-state index contributed by atoms with van der Waals surface area (Å²) in [5.41, 5.74) is 5.49. The SMILES string of the molecule is C[C@@H](NC(=O)c1cc(F)ccc1N)C(=O)O. The van der Waals surface area contributed by atoms with Crippen molar-refractivity contribution in [2.75, 3.05) is 5.73 Å². The first-order valence-electron chi connectivity index (χ1n) is 4.50. The Morgan fingerprint density at radius 3 is 2.69 bits per heavy atom. The molecule has 1 aromatic carbocycles. The van der Waals surface area contributed by atoms with Gasteiger partial charge < -0.3 is 16.2 Å². The molecule has 1 rings (SSSR count). The normalized spacial score (nSPS) is 11.9. The fourth-order valence-corrected chi connectivity index (χ4v) is 1.06. The molecule has 0 aliphatic heterocycles. The van der Waals surface area contributed by atoms with Crippen LogP contribution in [0.3, 0.4) is 0 Å². The highest BCUT2D eigenvalue weighted by Gasteiger charge is 2.17. The number of amides is 1. The summed E-state index contributed by atoms with van der Waals surface area (Å²) in [5.74, 6) is -2.50. The van der Waals surface area contributed by atoms with Gasteiger partial charge in [-0.3, -0.25) is 9.59 Å². The molecular weight excluding hydrogens is 215 g/mol. The van der Waals surface area contributed by atoms with Gasteiger partial charge >= 0.3 is 5.97 Å². The minimum Gasteiger partial charge on any atom is -0.480 e. The van der Waals surface area contributed by atoms with Crippen LogP contribution in [0.5, 0.6) is 0 Å². The minimum atomic E-state index is -1.18. The fraction of sp³-hybridized carbons (Fsp3) is 0.200. The number of nitrogen functional groups attached to an aromatic ring is 1. The standard InChI is InChI=1S/C10H11FN2O3/c1-5(10(15)16)13-9(14)7-4-6(11)2-3-8(7)12/h2-5H,12H2,1H3,(H,13,14)(H,15,16)/t5-/m1/s1. The number of nitrogens with two attached hydrogens (primary N) is 1. The van der Waals surface area contributed by atoms with E-state index in [4.69, 9.17) is 10.8 Å². The number of hydrogen-bond donors (Lipinski definition) is 3. The Labute approximate surface area is 91.1 Å². The van der Waals surface area contributed by atoms with E-state index >= 15 is 0 Å². The smallest absolute Gasteiger partial charge is 0.325 e. The van der Waals surface area contributed by atoms with E-state index in [0.29, 0.717) is 0 Å². The van der Waals surface area contributed by atoms with Crippen molar-refractivity contribution in [2.45, 2.75) is 13.0 Å². The number of halogens is 1. The molecule has 4 N–H and O–H groups in total. The van der Waals surface area contributed by atoms with Gasteiger partial charge in [0.25, 0.3) is 5.91 Å². The summed E-state index contributed by atoms with van der Waals surface area (Å²) in [6.45, 7) is 1.30. The Kier molecular flexibility index (Phi) is 3.44. The number of carboxylic acids is 1. The van der Waals surface area contributed by atoms with E-state index in [2.05, 4.69) is 5.32 Å². The van der Waals surface area contributed by atoms with Crippen LogP contribution in [0.1, 0.15) is 17.3 Å². The van der Waals surface area contributed by atoms with E-state index < -0.39 is 23.7 Å². The quantitative estimate of drug-likeness (QED) is 0.658. The van der Waals surface area contributed by atoms with E-state index in [1.54, 1.807) is 0 Å². The molecule has 16 heavy (non-hydrogen) atoms. The molecule has 0 unspecified atom stereocenters. The van der Waals surface area contributed by atoms with Crippen molar-refractivity contribution in [3.05, 3.63) is 29.6 Å². The zero-order valence-corrected chi connectivity index (χ0v) is 8.53. The molecular formula is C10H11FN2O3. The first-order chi connectivity index (χ1) is 7.41. The van der Waals surface area contributed by atoms with Crippen LogP contribution < -0.4 is 11.1 Å². The van der Waals surface area contributed by atoms with E-state index in [1.807, 2.05) is 0 Å². The number of nitrogens with one attached hydrogen (secondary N) is 1. The van der Waals surface area contributed by atoms with Gasteiger partial charge in [0.2, 0.25) is 0 Å². The van der Waals surface area contributed by atoms with Crippen molar-refractivity contribution in [3.8, 4) is 0 Å². The van der Waals surface area contributed by atoms with Crippen LogP contribution in [-0.2, 0) is 4.79 Å². The predicted molar refractivity (Wildman–Crippen MR) is 55.4 cm³/mol. The van der Waals surface area contributed by atoms with Gasteiger partial charge in [-0.1, -0.05) is 0 Å². The van der Waals surface area contributed by atoms with Crippen LogP contribution in [0.4, 0.5) is 10.1 Å². The third-order valence-electron chi connectivity index (χ3n) is 1.98. The number of hydrogen-bond acceptors (Lipinski definition) is 3. The maximum absolute atomic E-state index is 12.9. The van der Waals surface area contributed by atoms with Crippen LogP contribution in [0.15, 0.2) is 18.2 Å². The maximum atomic E-state index is 12.9. The molecule has 6 heteroatoms. The monoisotopic (exact) mass is 226 g/mol. The van der Waals surface area contributed by atoms with E-state index in [-0.39, 0.29) is 11.3 Å². The zero-order chi connectivity index (χ0) is 12.3. The number of rotatable bonds is 3. The van der Waals surface area contributed by atoms with Crippen LogP contribution in [0.25, 0.3) is 0 Å². The molecule has 0 saturated heterocycles. The second-order valence-electron chi connectivity index (χ2n) is 3.26. The lowest BCUT2D eigenvalue weighted by Crippen LogP contribution is -2.38. The maximum Gasteiger partial charge on any atom is 0.325 e. The van der Waals surface area contributed by atoms with Crippen LogP contribution >= 0.6 is 0 Å². The van der Waals surface area contributed by atoms with Gasteiger partial charge in [0.05, 0.1) is 5.56 Å². The van der Waals surface area contributed by atoms with Gasteiger partial charge in [-0.2, -0.15) is 0 Å². The van der Waals surface area contributed by atoms with E-state index in [9.17, 15) is 14.0 Å². The number of carbonyl (C=O) groups excluding carboxylic acids is 1. The highest BCUT2D eigenvalue weighted by atomic mass is 19.1. The molecule has 0 heterocycles. The molecule has 0 saturated carbocycles. The zero-order valence-electron chi connectivity index (χ0n) is 8.53. The van der Waals surface area contributed by atoms with Gasteiger partial charge in [0.15, 0.2) is 0 Å². The average Bonchev–Trinajstić information content (AvgIpc) is 2.21. The lowest BCUT2D eigenvalue weighted by atomic mass is 10.1. The van der Waals surface area contributed by atoms with Crippen molar-refractivity contribution >= 4 is 17.6 Å². The van der Waals surface area contributed by atoms with Crippen LogP contribution in [-0.4, -0.2) is 23.0 Å². The van der Waals surface area contributed by atoms with E-state index in [1.165, 1.54) is 13.0 Å². The van der Waals surface area contributed by atoms with Crippen LogP contribution in [0, 0.1) is 5.82 Å². The first-order valence-corrected chi connectivity index (χ1v) is 4.50. The summed E-state index contributed by atoms with van der Waals surface area (Å²) in [6.07, 6.45) is 0. The molecule has 1 atom stereocenters. The predicted octanol–water partition coefficient (Wildman–Crippen LogP) is 0.611. The van der Waals surface area contributed by atoms with Gasteiger partial charge in [-0.15, -0.1) is 0 Å². The fourth-order valence-electron chi connectivity index (χ4n) is 1.06. The largest absolute Gasteiger partial charge is 0.480 e. The molecule has 0 aliphatic carbocycles. The van der Waals surface area contributed by atoms with Crippen molar-refractivity contribution in [1.29, 1.82) is 0 Å².